The van der Waals surface area contributed by atoms with Crippen LogP contribution in [0.4, 0.5) is 4.39 Å². The van der Waals surface area contributed by atoms with Crippen LogP contribution in [0.5, 0.6) is 0 Å². The van der Waals surface area contributed by atoms with E-state index < -0.39 is 0 Å². The number of benzene rings is 2. The Balaban J connectivity index is 1.97. The van der Waals surface area contributed by atoms with Gasteiger partial charge in [-0.05, 0) is 35.4 Å². The van der Waals surface area contributed by atoms with Crippen LogP contribution in [-0.2, 0) is 0 Å². The minimum Gasteiger partial charge on any atom is -0.256 e. The molecule has 0 atom stereocenters. The predicted molar refractivity (Wildman–Crippen MR) is 85.0 cm³/mol. The lowest BCUT2D eigenvalue weighted by Gasteiger charge is -2.05. The van der Waals surface area contributed by atoms with Crippen LogP contribution >= 0.6 is 0 Å². The molecule has 0 radical (unpaired) electrons. The summed E-state index contributed by atoms with van der Waals surface area (Å²) in [4.78, 5) is 4.38. The van der Waals surface area contributed by atoms with Gasteiger partial charge in [-0.3, -0.25) is 4.98 Å². The molecule has 1 aromatic heterocycles. The molecule has 0 fully saturated rings. The maximum Gasteiger partial charge on any atom is 0.123 e. The lowest BCUT2D eigenvalue weighted by molar-refractivity contribution is 0.627. The van der Waals surface area contributed by atoms with Gasteiger partial charge >= 0.3 is 0 Å². The molecule has 0 amide bonds. The molecule has 21 heavy (non-hydrogen) atoms. The predicted octanol–water partition coefficient (Wildman–Crippen LogP) is 5.06. The highest BCUT2D eigenvalue weighted by atomic mass is 19.1. The zero-order valence-electron chi connectivity index (χ0n) is 11.4. The highest BCUT2D eigenvalue weighted by Crippen LogP contribution is 2.23. The molecule has 0 unspecified atom stereocenters. The van der Waals surface area contributed by atoms with Crippen molar-refractivity contribution in [3.8, 4) is 11.3 Å². The van der Waals surface area contributed by atoms with Gasteiger partial charge in [-0.1, -0.05) is 54.6 Å². The van der Waals surface area contributed by atoms with Crippen molar-refractivity contribution in [3.05, 3.63) is 89.9 Å². The molecule has 0 N–H and O–H groups in total. The Labute approximate surface area is 123 Å². The Morgan fingerprint density at radius 1 is 0.810 bits per heavy atom. The highest BCUT2D eigenvalue weighted by Gasteiger charge is 2.02. The van der Waals surface area contributed by atoms with Crippen LogP contribution < -0.4 is 0 Å². The first-order chi connectivity index (χ1) is 10.3. The summed E-state index contributed by atoms with van der Waals surface area (Å²) in [7, 11) is 0. The third kappa shape index (κ3) is 3.23. The van der Waals surface area contributed by atoms with Crippen LogP contribution in [0, 0.1) is 5.82 Å². The van der Waals surface area contributed by atoms with E-state index in [2.05, 4.69) is 4.98 Å². The Morgan fingerprint density at radius 2 is 1.67 bits per heavy atom. The summed E-state index contributed by atoms with van der Waals surface area (Å²) in [6, 6.07) is 20.4. The molecular weight excluding hydrogens is 261 g/mol. The minimum absolute atomic E-state index is 0.227. The average molecular weight is 275 g/mol. The largest absolute Gasteiger partial charge is 0.256 e. The van der Waals surface area contributed by atoms with Crippen LogP contribution in [0.15, 0.2) is 72.9 Å². The molecule has 0 saturated heterocycles. The Bertz CT molecular complexity index is 763. The van der Waals surface area contributed by atoms with E-state index in [4.69, 9.17) is 0 Å². The fourth-order valence-electron chi connectivity index (χ4n) is 2.19. The summed E-state index contributed by atoms with van der Waals surface area (Å²) in [6.45, 7) is 0. The standard InChI is InChI=1S/C19H14FN/c20-17-8-5-6-15(14-17)11-12-16-7-1-2-9-18(16)19-10-3-4-13-21-19/h1-14H/b12-11+. The van der Waals surface area contributed by atoms with E-state index in [-0.39, 0.29) is 5.82 Å². The van der Waals surface area contributed by atoms with E-state index in [9.17, 15) is 4.39 Å². The van der Waals surface area contributed by atoms with Gasteiger partial charge in [0, 0.05) is 11.8 Å². The van der Waals surface area contributed by atoms with Crippen molar-refractivity contribution in [1.82, 2.24) is 4.98 Å². The SMILES string of the molecule is Fc1cccc(/C=C/c2ccccc2-c2ccccn2)c1. The quantitative estimate of drug-likeness (QED) is 0.609. The van der Waals surface area contributed by atoms with Gasteiger partial charge in [0.15, 0.2) is 0 Å². The van der Waals surface area contributed by atoms with Crippen molar-refractivity contribution in [2.75, 3.05) is 0 Å². The van der Waals surface area contributed by atoms with Crippen molar-refractivity contribution in [3.63, 3.8) is 0 Å². The van der Waals surface area contributed by atoms with Crippen molar-refractivity contribution in [2.45, 2.75) is 0 Å². The fourth-order valence-corrected chi connectivity index (χ4v) is 2.19. The van der Waals surface area contributed by atoms with Crippen molar-refractivity contribution in [2.24, 2.45) is 0 Å². The topological polar surface area (TPSA) is 12.9 Å². The minimum atomic E-state index is -0.227. The van der Waals surface area contributed by atoms with Gasteiger partial charge in [0.2, 0.25) is 0 Å². The van der Waals surface area contributed by atoms with Gasteiger partial charge in [0.1, 0.15) is 5.82 Å². The fraction of sp³-hybridized carbons (Fsp3) is 0. The summed E-state index contributed by atoms with van der Waals surface area (Å²) >= 11 is 0. The number of hydrogen-bond donors (Lipinski definition) is 0. The molecule has 0 aliphatic carbocycles. The maximum absolute atomic E-state index is 13.2. The molecule has 1 nitrogen and oxygen atoms in total. The van der Waals surface area contributed by atoms with Gasteiger partial charge in [-0.15, -0.1) is 0 Å². The van der Waals surface area contributed by atoms with Crippen LogP contribution in [0.1, 0.15) is 11.1 Å². The molecule has 3 aromatic rings. The zero-order valence-corrected chi connectivity index (χ0v) is 11.4. The lowest BCUT2D eigenvalue weighted by Crippen LogP contribution is -1.85. The molecule has 102 valence electrons. The van der Waals surface area contributed by atoms with E-state index in [1.165, 1.54) is 12.1 Å². The van der Waals surface area contributed by atoms with E-state index in [0.29, 0.717) is 0 Å². The number of pyridine rings is 1. The Morgan fingerprint density at radius 3 is 2.48 bits per heavy atom. The first kappa shape index (κ1) is 13.3. The van der Waals surface area contributed by atoms with Crippen LogP contribution in [-0.4, -0.2) is 4.98 Å². The lowest BCUT2D eigenvalue weighted by atomic mass is 10.0. The first-order valence-electron chi connectivity index (χ1n) is 6.77. The van der Waals surface area contributed by atoms with Gasteiger partial charge in [0.05, 0.1) is 5.69 Å². The number of nitrogens with zero attached hydrogens (tertiary/aromatic N) is 1. The third-order valence-electron chi connectivity index (χ3n) is 3.21. The van der Waals surface area contributed by atoms with E-state index in [1.807, 2.05) is 60.7 Å². The van der Waals surface area contributed by atoms with Crippen molar-refractivity contribution < 1.29 is 4.39 Å². The average Bonchev–Trinajstić information content (AvgIpc) is 2.54. The molecule has 0 aliphatic heterocycles. The summed E-state index contributed by atoms with van der Waals surface area (Å²) in [5, 5.41) is 0. The van der Waals surface area contributed by atoms with Crippen LogP contribution in [0.3, 0.4) is 0 Å². The zero-order chi connectivity index (χ0) is 14.5. The Kier molecular flexibility index (Phi) is 3.88. The molecule has 0 aliphatic rings. The van der Waals surface area contributed by atoms with Gasteiger partial charge in [0.25, 0.3) is 0 Å². The molecule has 3 rings (SSSR count). The molecule has 0 spiro atoms. The van der Waals surface area contributed by atoms with Crippen molar-refractivity contribution >= 4 is 12.2 Å². The van der Waals surface area contributed by atoms with Crippen LogP contribution in [0.2, 0.25) is 0 Å². The summed E-state index contributed by atoms with van der Waals surface area (Å²) in [5.74, 6) is -0.227. The van der Waals surface area contributed by atoms with Gasteiger partial charge in [-0.2, -0.15) is 0 Å². The molecule has 0 saturated carbocycles. The molecule has 1 heterocycles. The third-order valence-corrected chi connectivity index (χ3v) is 3.21. The molecule has 2 heteroatoms. The number of hydrogen-bond acceptors (Lipinski definition) is 1. The number of halogens is 1. The normalized spacial score (nSPS) is 10.9. The van der Waals surface area contributed by atoms with E-state index in [0.717, 1.165) is 22.4 Å². The molecule has 2 aromatic carbocycles. The highest BCUT2D eigenvalue weighted by molar-refractivity contribution is 5.79. The first-order valence-corrected chi connectivity index (χ1v) is 6.77. The maximum atomic E-state index is 13.2. The smallest absolute Gasteiger partial charge is 0.123 e. The monoisotopic (exact) mass is 275 g/mol. The second-order valence-corrected chi connectivity index (χ2v) is 4.69. The van der Waals surface area contributed by atoms with Crippen LogP contribution in [0.25, 0.3) is 23.4 Å². The summed E-state index contributed by atoms with van der Waals surface area (Å²) in [5.41, 5.74) is 3.88. The van der Waals surface area contributed by atoms with Gasteiger partial charge in [-0.25, -0.2) is 4.39 Å². The summed E-state index contributed by atoms with van der Waals surface area (Å²) < 4.78 is 13.2. The van der Waals surface area contributed by atoms with Gasteiger partial charge < -0.3 is 0 Å². The second kappa shape index (κ2) is 6.14. The van der Waals surface area contributed by atoms with E-state index >= 15 is 0 Å². The Hall–Kier alpha value is -2.74. The molecule has 0 bridgehead atoms. The number of rotatable bonds is 3. The number of aromatic nitrogens is 1. The molecular formula is C19H14FN. The van der Waals surface area contributed by atoms with E-state index in [1.54, 1.807) is 12.3 Å². The second-order valence-electron chi connectivity index (χ2n) is 4.69. The summed E-state index contributed by atoms with van der Waals surface area (Å²) in [6.07, 6.45) is 5.67. The van der Waals surface area contributed by atoms with Crippen molar-refractivity contribution in [1.29, 1.82) is 0 Å².